The molecule has 2 rings (SSSR count). The van der Waals surface area contributed by atoms with Gasteiger partial charge in [-0.15, -0.1) is 0 Å². The van der Waals surface area contributed by atoms with E-state index in [1.807, 2.05) is 0 Å². The summed E-state index contributed by atoms with van der Waals surface area (Å²) in [7, 11) is 4.15. The summed E-state index contributed by atoms with van der Waals surface area (Å²) in [6, 6.07) is 9.41. The molecule has 2 N–H and O–H groups in total. The first-order chi connectivity index (χ1) is 9.11. The number of nitrogens with zero attached hydrogens (tertiary/aromatic N) is 2. The standard InChI is InChI=1S/C16H27N3/c1-13-5-4-10-19(16(13)11-17)12-14-6-8-15(9-7-14)18(2)3/h6-9,13,16H,4-5,10-12,17H2,1-3H3. The first-order valence-electron chi connectivity index (χ1n) is 7.32. The molecule has 0 bridgehead atoms. The van der Waals surface area contributed by atoms with Crippen LogP contribution in [0.1, 0.15) is 25.3 Å². The van der Waals surface area contributed by atoms with Crippen molar-refractivity contribution in [3.05, 3.63) is 29.8 Å². The molecule has 2 atom stereocenters. The van der Waals surface area contributed by atoms with Crippen molar-refractivity contribution < 1.29 is 0 Å². The number of hydrogen-bond acceptors (Lipinski definition) is 3. The lowest BCUT2D eigenvalue weighted by atomic mass is 9.90. The van der Waals surface area contributed by atoms with Crippen molar-refractivity contribution in [2.75, 3.05) is 32.1 Å². The van der Waals surface area contributed by atoms with Gasteiger partial charge in [0.05, 0.1) is 0 Å². The highest BCUT2D eigenvalue weighted by atomic mass is 15.2. The highest BCUT2D eigenvalue weighted by Gasteiger charge is 2.27. The molecule has 0 spiro atoms. The van der Waals surface area contributed by atoms with Gasteiger partial charge >= 0.3 is 0 Å². The zero-order valence-electron chi connectivity index (χ0n) is 12.5. The van der Waals surface area contributed by atoms with E-state index in [-0.39, 0.29) is 0 Å². The van der Waals surface area contributed by atoms with Gasteiger partial charge in [0, 0.05) is 38.9 Å². The zero-order valence-corrected chi connectivity index (χ0v) is 12.5. The molecule has 0 saturated carbocycles. The molecular weight excluding hydrogens is 234 g/mol. The van der Waals surface area contributed by atoms with Gasteiger partial charge in [-0.2, -0.15) is 0 Å². The minimum absolute atomic E-state index is 0.544. The minimum Gasteiger partial charge on any atom is -0.378 e. The molecule has 106 valence electrons. The Balaban J connectivity index is 2.03. The van der Waals surface area contributed by atoms with E-state index < -0.39 is 0 Å². The summed E-state index contributed by atoms with van der Waals surface area (Å²) in [5.74, 6) is 0.722. The van der Waals surface area contributed by atoms with Crippen LogP contribution >= 0.6 is 0 Å². The Labute approximate surface area is 117 Å². The number of nitrogens with two attached hydrogens (primary N) is 1. The van der Waals surface area contributed by atoms with Crippen LogP contribution < -0.4 is 10.6 Å². The molecule has 1 heterocycles. The molecule has 0 aliphatic carbocycles. The van der Waals surface area contributed by atoms with Gasteiger partial charge in [-0.05, 0) is 43.0 Å². The van der Waals surface area contributed by atoms with Crippen LogP contribution in [-0.2, 0) is 6.54 Å². The van der Waals surface area contributed by atoms with Crippen LogP contribution in [0.3, 0.4) is 0 Å². The van der Waals surface area contributed by atoms with E-state index in [0.29, 0.717) is 6.04 Å². The fraction of sp³-hybridized carbons (Fsp3) is 0.625. The van der Waals surface area contributed by atoms with E-state index in [4.69, 9.17) is 5.73 Å². The van der Waals surface area contributed by atoms with Crippen LogP contribution in [-0.4, -0.2) is 38.1 Å². The summed E-state index contributed by atoms with van der Waals surface area (Å²) < 4.78 is 0. The fourth-order valence-electron chi connectivity index (χ4n) is 3.05. The molecule has 0 radical (unpaired) electrons. The van der Waals surface area contributed by atoms with Crippen molar-refractivity contribution >= 4 is 5.69 Å². The summed E-state index contributed by atoms with van der Waals surface area (Å²) in [6.07, 6.45) is 2.62. The van der Waals surface area contributed by atoms with Gasteiger partial charge in [0.15, 0.2) is 0 Å². The molecular formula is C16H27N3. The Morgan fingerprint density at radius 3 is 2.53 bits per heavy atom. The lowest BCUT2D eigenvalue weighted by molar-refractivity contribution is 0.0991. The van der Waals surface area contributed by atoms with Gasteiger partial charge in [0.2, 0.25) is 0 Å². The number of rotatable bonds is 4. The summed E-state index contributed by atoms with van der Waals surface area (Å²) in [6.45, 7) is 5.32. The average Bonchev–Trinajstić information content (AvgIpc) is 2.39. The topological polar surface area (TPSA) is 32.5 Å². The molecule has 1 aromatic carbocycles. The Hall–Kier alpha value is -1.06. The van der Waals surface area contributed by atoms with Gasteiger partial charge < -0.3 is 10.6 Å². The molecule has 3 heteroatoms. The van der Waals surface area contributed by atoms with E-state index in [1.54, 1.807) is 0 Å². The van der Waals surface area contributed by atoms with Crippen LogP contribution in [0.25, 0.3) is 0 Å². The molecule has 0 amide bonds. The quantitative estimate of drug-likeness (QED) is 0.903. The lowest BCUT2D eigenvalue weighted by Gasteiger charge is -2.39. The monoisotopic (exact) mass is 261 g/mol. The van der Waals surface area contributed by atoms with Crippen LogP contribution in [0, 0.1) is 5.92 Å². The first kappa shape index (κ1) is 14.4. The first-order valence-corrected chi connectivity index (χ1v) is 7.32. The minimum atomic E-state index is 0.544. The second-order valence-electron chi connectivity index (χ2n) is 5.95. The zero-order chi connectivity index (χ0) is 13.8. The van der Waals surface area contributed by atoms with Gasteiger partial charge in [-0.3, -0.25) is 4.90 Å². The summed E-state index contributed by atoms with van der Waals surface area (Å²) in [4.78, 5) is 4.69. The van der Waals surface area contributed by atoms with E-state index >= 15 is 0 Å². The van der Waals surface area contributed by atoms with Crippen molar-refractivity contribution in [2.45, 2.75) is 32.4 Å². The van der Waals surface area contributed by atoms with E-state index in [1.165, 1.54) is 30.6 Å². The number of anilines is 1. The number of piperidine rings is 1. The van der Waals surface area contributed by atoms with Gasteiger partial charge in [-0.25, -0.2) is 0 Å². The van der Waals surface area contributed by atoms with E-state index in [0.717, 1.165) is 19.0 Å². The largest absolute Gasteiger partial charge is 0.378 e. The van der Waals surface area contributed by atoms with Crippen LogP contribution in [0.4, 0.5) is 5.69 Å². The molecule has 0 aromatic heterocycles. The van der Waals surface area contributed by atoms with Crippen molar-refractivity contribution in [2.24, 2.45) is 11.7 Å². The third kappa shape index (κ3) is 3.48. The normalized spacial score (nSPS) is 24.4. The molecule has 3 nitrogen and oxygen atoms in total. The summed E-state index contributed by atoms with van der Waals surface area (Å²) in [5, 5.41) is 0. The maximum atomic E-state index is 5.95. The molecule has 1 saturated heterocycles. The van der Waals surface area contributed by atoms with Crippen molar-refractivity contribution in [3.63, 3.8) is 0 Å². The van der Waals surface area contributed by atoms with Crippen LogP contribution in [0.15, 0.2) is 24.3 Å². The maximum absolute atomic E-state index is 5.95. The predicted molar refractivity (Wildman–Crippen MR) is 82.4 cm³/mol. The van der Waals surface area contributed by atoms with Crippen molar-refractivity contribution in [3.8, 4) is 0 Å². The summed E-state index contributed by atoms with van der Waals surface area (Å²) >= 11 is 0. The highest BCUT2D eigenvalue weighted by Crippen LogP contribution is 2.24. The Morgan fingerprint density at radius 1 is 1.26 bits per heavy atom. The molecule has 1 fully saturated rings. The summed E-state index contributed by atoms with van der Waals surface area (Å²) in [5.41, 5.74) is 8.60. The SMILES string of the molecule is CC1CCCN(Cc2ccc(N(C)C)cc2)C1CN. The average molecular weight is 261 g/mol. The van der Waals surface area contributed by atoms with Crippen molar-refractivity contribution in [1.29, 1.82) is 0 Å². The highest BCUT2D eigenvalue weighted by molar-refractivity contribution is 5.45. The second-order valence-corrected chi connectivity index (χ2v) is 5.95. The van der Waals surface area contributed by atoms with Gasteiger partial charge in [-0.1, -0.05) is 19.1 Å². The number of likely N-dealkylation sites (tertiary alicyclic amines) is 1. The third-order valence-corrected chi connectivity index (χ3v) is 4.31. The maximum Gasteiger partial charge on any atom is 0.0361 e. The lowest BCUT2D eigenvalue weighted by Crippen LogP contribution is -2.47. The predicted octanol–water partition coefficient (Wildman–Crippen LogP) is 2.31. The fourth-order valence-corrected chi connectivity index (χ4v) is 3.05. The van der Waals surface area contributed by atoms with Gasteiger partial charge in [0.1, 0.15) is 0 Å². The molecule has 2 unspecified atom stereocenters. The Kier molecular flexibility index (Phi) is 4.83. The van der Waals surface area contributed by atoms with Crippen LogP contribution in [0.2, 0.25) is 0 Å². The van der Waals surface area contributed by atoms with E-state index in [9.17, 15) is 0 Å². The second kappa shape index (κ2) is 6.40. The number of benzene rings is 1. The molecule has 19 heavy (non-hydrogen) atoms. The smallest absolute Gasteiger partial charge is 0.0361 e. The Morgan fingerprint density at radius 2 is 1.95 bits per heavy atom. The Bertz CT molecular complexity index is 385. The van der Waals surface area contributed by atoms with Crippen LogP contribution in [0.5, 0.6) is 0 Å². The molecule has 1 aliphatic heterocycles. The molecule has 1 aromatic rings. The third-order valence-electron chi connectivity index (χ3n) is 4.31. The van der Waals surface area contributed by atoms with Crippen molar-refractivity contribution in [1.82, 2.24) is 4.90 Å². The number of hydrogen-bond donors (Lipinski definition) is 1. The van der Waals surface area contributed by atoms with Gasteiger partial charge in [0.25, 0.3) is 0 Å². The van der Waals surface area contributed by atoms with E-state index in [2.05, 4.69) is 55.1 Å². The molecule has 1 aliphatic rings.